The summed E-state index contributed by atoms with van der Waals surface area (Å²) in [6.07, 6.45) is 0. The Bertz CT molecular complexity index is 894. The Morgan fingerprint density at radius 1 is 1.15 bits per heavy atom. The first kappa shape index (κ1) is 18.7. The van der Waals surface area contributed by atoms with Gasteiger partial charge in [0.2, 0.25) is 0 Å². The van der Waals surface area contributed by atoms with E-state index in [0.717, 1.165) is 25.9 Å². The van der Waals surface area contributed by atoms with Crippen molar-refractivity contribution in [1.82, 2.24) is 4.98 Å². The van der Waals surface area contributed by atoms with Crippen LogP contribution < -0.4 is 4.74 Å². The van der Waals surface area contributed by atoms with Crippen molar-refractivity contribution in [3.8, 4) is 5.75 Å². The molecule has 1 heterocycles. The summed E-state index contributed by atoms with van der Waals surface area (Å²) in [7, 11) is 0. The van der Waals surface area contributed by atoms with Crippen LogP contribution in [0.3, 0.4) is 0 Å². The molecular formula is C20H21NO3S2. The number of thiazole rings is 1. The van der Waals surface area contributed by atoms with Gasteiger partial charge in [-0.15, -0.1) is 11.3 Å². The van der Waals surface area contributed by atoms with Gasteiger partial charge in [0.25, 0.3) is 0 Å². The van der Waals surface area contributed by atoms with Crippen LogP contribution in [0.5, 0.6) is 5.75 Å². The number of carbonyl (C=O) groups excluding carboxylic acids is 1. The number of hydrogen-bond acceptors (Lipinski definition) is 6. The number of aromatic nitrogens is 1. The minimum atomic E-state index is -0.853. The van der Waals surface area contributed by atoms with Crippen LogP contribution in [-0.2, 0) is 14.3 Å². The maximum Gasteiger partial charge on any atom is 0.326 e. The predicted molar refractivity (Wildman–Crippen MR) is 107 cm³/mol. The molecule has 0 aliphatic heterocycles. The Kier molecular flexibility index (Phi) is 5.84. The molecule has 1 aromatic heterocycles. The lowest BCUT2D eigenvalue weighted by atomic mass is 10.0. The van der Waals surface area contributed by atoms with Gasteiger partial charge in [0.1, 0.15) is 10.5 Å². The second kappa shape index (κ2) is 8.10. The molecule has 3 aromatic rings. The average Bonchev–Trinajstić information content (AvgIpc) is 3.04. The summed E-state index contributed by atoms with van der Waals surface area (Å²) in [6.45, 7) is 6.65. The topological polar surface area (TPSA) is 48.4 Å². The highest BCUT2D eigenvalue weighted by atomic mass is 32.2. The number of esters is 1. The summed E-state index contributed by atoms with van der Waals surface area (Å²) < 4.78 is 11.9. The van der Waals surface area contributed by atoms with Crippen LogP contribution >= 0.6 is 23.1 Å². The molecule has 2 aromatic carbocycles. The molecular weight excluding hydrogens is 366 g/mol. The number of fused-ring (bicyclic) bond motifs is 1. The lowest BCUT2D eigenvalue weighted by Crippen LogP contribution is -2.31. The van der Waals surface area contributed by atoms with Crippen LogP contribution in [-0.4, -0.2) is 24.2 Å². The van der Waals surface area contributed by atoms with Gasteiger partial charge in [-0.05, 0) is 44.5 Å². The van der Waals surface area contributed by atoms with E-state index in [1.807, 2.05) is 69.3 Å². The zero-order chi connectivity index (χ0) is 18.6. The van der Waals surface area contributed by atoms with Gasteiger partial charge in [0.15, 0.2) is 4.34 Å². The zero-order valence-electron chi connectivity index (χ0n) is 15.0. The smallest absolute Gasteiger partial charge is 0.326 e. The van der Waals surface area contributed by atoms with E-state index >= 15 is 0 Å². The number of benzene rings is 2. The minimum Gasteiger partial charge on any atom is -0.494 e. The Balaban J connectivity index is 1.96. The number of hydrogen-bond donors (Lipinski definition) is 0. The maximum absolute atomic E-state index is 12.7. The van der Waals surface area contributed by atoms with E-state index in [-0.39, 0.29) is 5.97 Å². The predicted octanol–water partition coefficient (Wildman–Crippen LogP) is 5.27. The van der Waals surface area contributed by atoms with Gasteiger partial charge >= 0.3 is 5.97 Å². The van der Waals surface area contributed by atoms with Gasteiger partial charge in [0, 0.05) is 0 Å². The third-order valence-electron chi connectivity index (χ3n) is 3.93. The molecule has 0 aliphatic carbocycles. The second-order valence-corrected chi connectivity index (χ2v) is 8.46. The number of nitrogens with zero attached hydrogens (tertiary/aromatic N) is 1. The third kappa shape index (κ3) is 3.86. The quantitative estimate of drug-likeness (QED) is 0.408. The van der Waals surface area contributed by atoms with E-state index in [1.54, 1.807) is 11.3 Å². The van der Waals surface area contributed by atoms with Gasteiger partial charge in [-0.2, -0.15) is 0 Å². The standard InChI is InChI=1S/C20H21NO3S2/c1-4-23-15-11-12-16-17(13-15)25-19(21-16)26-20(3,18(22)24-5-2)14-9-7-6-8-10-14/h6-13H,4-5H2,1-3H3. The maximum atomic E-state index is 12.7. The first-order valence-electron chi connectivity index (χ1n) is 8.52. The zero-order valence-corrected chi connectivity index (χ0v) is 16.7. The van der Waals surface area contributed by atoms with E-state index in [1.165, 1.54) is 11.8 Å². The van der Waals surface area contributed by atoms with Gasteiger partial charge in [0.05, 0.1) is 23.4 Å². The van der Waals surface area contributed by atoms with E-state index in [2.05, 4.69) is 4.98 Å². The van der Waals surface area contributed by atoms with Crippen molar-refractivity contribution in [3.63, 3.8) is 0 Å². The van der Waals surface area contributed by atoms with Crippen molar-refractivity contribution in [2.75, 3.05) is 13.2 Å². The SMILES string of the molecule is CCOC(=O)C(C)(Sc1nc2ccc(OCC)cc2s1)c1ccccc1. The van der Waals surface area contributed by atoms with Crippen LogP contribution in [0.15, 0.2) is 52.9 Å². The molecule has 0 N–H and O–H groups in total. The Morgan fingerprint density at radius 3 is 2.62 bits per heavy atom. The summed E-state index contributed by atoms with van der Waals surface area (Å²) >= 11 is 2.99. The minimum absolute atomic E-state index is 0.259. The lowest BCUT2D eigenvalue weighted by Gasteiger charge is -2.26. The molecule has 136 valence electrons. The van der Waals surface area contributed by atoms with Gasteiger partial charge in [-0.3, -0.25) is 4.79 Å². The Hall–Kier alpha value is -2.05. The van der Waals surface area contributed by atoms with Crippen molar-refractivity contribution in [3.05, 3.63) is 54.1 Å². The highest BCUT2D eigenvalue weighted by Gasteiger charge is 2.39. The molecule has 0 radical (unpaired) electrons. The van der Waals surface area contributed by atoms with Gasteiger partial charge < -0.3 is 9.47 Å². The molecule has 0 aliphatic rings. The normalized spacial score (nSPS) is 13.3. The molecule has 0 saturated heterocycles. The second-order valence-electron chi connectivity index (χ2n) is 5.76. The highest BCUT2D eigenvalue weighted by Crippen LogP contribution is 2.45. The van der Waals surface area contributed by atoms with Gasteiger partial charge in [-0.25, -0.2) is 4.98 Å². The number of rotatable bonds is 7. The first-order valence-corrected chi connectivity index (χ1v) is 10.1. The molecule has 6 heteroatoms. The fourth-order valence-corrected chi connectivity index (χ4v) is 5.15. The summed E-state index contributed by atoms with van der Waals surface area (Å²) in [5.74, 6) is 0.571. The lowest BCUT2D eigenvalue weighted by molar-refractivity contribution is -0.145. The van der Waals surface area contributed by atoms with Crippen LogP contribution in [0.25, 0.3) is 10.2 Å². The summed E-state index contributed by atoms with van der Waals surface area (Å²) in [5.41, 5.74) is 1.80. The van der Waals surface area contributed by atoms with Crippen LogP contribution in [0.4, 0.5) is 0 Å². The molecule has 4 nitrogen and oxygen atoms in total. The molecule has 1 atom stereocenters. The van der Waals surface area contributed by atoms with Crippen LogP contribution in [0, 0.1) is 0 Å². The molecule has 1 unspecified atom stereocenters. The third-order valence-corrected chi connectivity index (χ3v) is 6.32. The first-order chi connectivity index (χ1) is 12.6. The van der Waals surface area contributed by atoms with Crippen LogP contribution in [0.1, 0.15) is 26.3 Å². The molecule has 0 bridgehead atoms. The number of thioether (sulfide) groups is 1. The summed E-state index contributed by atoms with van der Waals surface area (Å²) in [4.78, 5) is 17.4. The largest absolute Gasteiger partial charge is 0.494 e. The number of carbonyl (C=O) groups is 1. The van der Waals surface area contributed by atoms with E-state index in [4.69, 9.17) is 9.47 Å². The molecule has 3 rings (SSSR count). The van der Waals surface area contributed by atoms with Crippen molar-refractivity contribution >= 4 is 39.3 Å². The van der Waals surface area contributed by atoms with Crippen molar-refractivity contribution in [1.29, 1.82) is 0 Å². The average molecular weight is 388 g/mol. The van der Waals surface area contributed by atoms with Crippen molar-refractivity contribution in [2.24, 2.45) is 0 Å². The van der Waals surface area contributed by atoms with Gasteiger partial charge in [-0.1, -0.05) is 42.1 Å². The molecule has 0 saturated carbocycles. The molecule has 0 amide bonds. The Morgan fingerprint density at radius 2 is 1.92 bits per heavy atom. The summed E-state index contributed by atoms with van der Waals surface area (Å²) in [6, 6.07) is 15.6. The number of ether oxygens (including phenoxy) is 2. The summed E-state index contributed by atoms with van der Waals surface area (Å²) in [5, 5.41) is 0. The van der Waals surface area contributed by atoms with E-state index < -0.39 is 4.75 Å². The monoisotopic (exact) mass is 387 g/mol. The fourth-order valence-electron chi connectivity index (χ4n) is 2.60. The van der Waals surface area contributed by atoms with E-state index in [9.17, 15) is 4.79 Å². The fraction of sp³-hybridized carbons (Fsp3) is 0.300. The van der Waals surface area contributed by atoms with E-state index in [0.29, 0.717) is 13.2 Å². The molecule has 0 spiro atoms. The molecule has 0 fully saturated rings. The van der Waals surface area contributed by atoms with Crippen LogP contribution in [0.2, 0.25) is 0 Å². The van der Waals surface area contributed by atoms with Crippen molar-refractivity contribution < 1.29 is 14.3 Å². The van der Waals surface area contributed by atoms with Crippen molar-refractivity contribution in [2.45, 2.75) is 29.9 Å². The molecule has 26 heavy (non-hydrogen) atoms. The highest BCUT2D eigenvalue weighted by molar-refractivity contribution is 8.02. The Labute approximate surface area is 161 Å².